The van der Waals surface area contributed by atoms with Crippen LogP contribution in [0.4, 0.5) is 0 Å². The van der Waals surface area contributed by atoms with Crippen molar-refractivity contribution in [3.63, 3.8) is 0 Å². The lowest BCUT2D eigenvalue weighted by Gasteiger charge is -2.32. The summed E-state index contributed by atoms with van der Waals surface area (Å²) in [4.78, 5) is 60.4. The Labute approximate surface area is 126 Å². The number of hydrogen-bond donors (Lipinski definition) is 0. The molecular weight excluding hydrogens is 292 g/mol. The number of carbonyl (C=O) groups excluding carboxylic acids is 5. The first-order chi connectivity index (χ1) is 10.3. The van der Waals surface area contributed by atoms with E-state index in [1.54, 1.807) is 0 Å². The molecule has 2 rings (SSSR count). The van der Waals surface area contributed by atoms with Gasteiger partial charge in [0.15, 0.2) is 0 Å². The molecule has 4 amide bonds. The van der Waals surface area contributed by atoms with Gasteiger partial charge in [0.25, 0.3) is 23.6 Å². The van der Waals surface area contributed by atoms with Gasteiger partial charge >= 0.3 is 5.97 Å². The summed E-state index contributed by atoms with van der Waals surface area (Å²) in [5, 5.41) is 0. The highest BCUT2D eigenvalue weighted by molar-refractivity contribution is 6.14. The molecule has 0 aromatic heterocycles. The topological polar surface area (TPSA) is 101 Å². The summed E-state index contributed by atoms with van der Waals surface area (Å²) in [6, 6.07) is 0. The Bertz CT molecular complexity index is 553. The van der Waals surface area contributed by atoms with Gasteiger partial charge in [0.1, 0.15) is 5.41 Å². The zero-order valence-corrected chi connectivity index (χ0v) is 12.1. The Morgan fingerprint density at radius 3 is 1.50 bits per heavy atom. The van der Waals surface area contributed by atoms with E-state index in [2.05, 4.69) is 0 Å². The summed E-state index contributed by atoms with van der Waals surface area (Å²) in [5.41, 5.74) is -1.41. The molecule has 2 heterocycles. The molecule has 0 unspecified atom stereocenters. The van der Waals surface area contributed by atoms with Crippen LogP contribution in [0.3, 0.4) is 0 Å². The summed E-state index contributed by atoms with van der Waals surface area (Å²) in [5.74, 6) is -2.96. The molecule has 22 heavy (non-hydrogen) atoms. The van der Waals surface area contributed by atoms with Crippen LogP contribution in [0.2, 0.25) is 0 Å². The highest BCUT2D eigenvalue weighted by Crippen LogP contribution is 2.25. The van der Waals surface area contributed by atoms with Crippen LogP contribution in [0.25, 0.3) is 0 Å². The van der Waals surface area contributed by atoms with E-state index in [-0.39, 0.29) is 13.1 Å². The lowest BCUT2D eigenvalue weighted by molar-refractivity contribution is -0.157. The first-order valence-corrected chi connectivity index (χ1v) is 6.44. The van der Waals surface area contributed by atoms with Crippen molar-refractivity contribution in [2.45, 2.75) is 6.92 Å². The van der Waals surface area contributed by atoms with Crippen molar-refractivity contribution < 1.29 is 28.7 Å². The molecule has 0 saturated heterocycles. The van der Waals surface area contributed by atoms with Gasteiger partial charge in [-0.05, 0) is 6.92 Å². The van der Waals surface area contributed by atoms with Crippen molar-refractivity contribution in [3.05, 3.63) is 24.3 Å². The number of ether oxygens (including phenoxy) is 1. The maximum atomic E-state index is 12.1. The van der Waals surface area contributed by atoms with Crippen molar-refractivity contribution in [3.8, 4) is 0 Å². The molecule has 0 spiro atoms. The van der Waals surface area contributed by atoms with Gasteiger partial charge < -0.3 is 4.74 Å². The smallest absolute Gasteiger partial charge is 0.315 e. The normalized spacial score (nSPS) is 17.9. The summed E-state index contributed by atoms with van der Waals surface area (Å²) in [6.07, 6.45) is 4.36. The molecule has 0 fully saturated rings. The van der Waals surface area contributed by atoms with Gasteiger partial charge in [0, 0.05) is 37.4 Å². The van der Waals surface area contributed by atoms with Gasteiger partial charge in [-0.2, -0.15) is 0 Å². The Morgan fingerprint density at radius 2 is 1.23 bits per heavy atom. The van der Waals surface area contributed by atoms with E-state index in [9.17, 15) is 24.0 Å². The van der Waals surface area contributed by atoms with Gasteiger partial charge in [0.2, 0.25) is 0 Å². The molecule has 0 aromatic rings. The third-order valence-corrected chi connectivity index (χ3v) is 3.49. The molecule has 0 atom stereocenters. The van der Waals surface area contributed by atoms with Gasteiger partial charge in [-0.15, -0.1) is 0 Å². The van der Waals surface area contributed by atoms with E-state index >= 15 is 0 Å². The van der Waals surface area contributed by atoms with Crippen molar-refractivity contribution in [1.29, 1.82) is 0 Å². The number of carbonyl (C=O) groups is 5. The second-order valence-electron chi connectivity index (χ2n) is 5.24. The molecule has 2 aliphatic heterocycles. The highest BCUT2D eigenvalue weighted by Gasteiger charge is 2.44. The standard InChI is InChI=1S/C14H14N2O6/c1-14(13(21)22-2,7-15-9(17)3-4-10(15)18)8-16-11(19)5-6-12(16)20/h3-6H,7-8H2,1-2H3. The zero-order chi connectivity index (χ0) is 16.5. The second kappa shape index (κ2) is 5.55. The van der Waals surface area contributed by atoms with E-state index < -0.39 is 35.0 Å². The first-order valence-electron chi connectivity index (χ1n) is 6.44. The molecule has 0 aliphatic carbocycles. The predicted molar refractivity (Wildman–Crippen MR) is 71.8 cm³/mol. The van der Waals surface area contributed by atoms with Crippen molar-refractivity contribution in [2.24, 2.45) is 5.41 Å². The second-order valence-corrected chi connectivity index (χ2v) is 5.24. The summed E-state index contributed by atoms with van der Waals surface area (Å²) >= 11 is 0. The van der Waals surface area contributed by atoms with Crippen LogP contribution in [0, 0.1) is 5.41 Å². The number of amides is 4. The van der Waals surface area contributed by atoms with Crippen LogP contribution in [-0.2, 0) is 28.7 Å². The summed E-state index contributed by atoms with van der Waals surface area (Å²) in [7, 11) is 1.15. The Kier molecular flexibility index (Phi) is 3.94. The fourth-order valence-electron chi connectivity index (χ4n) is 2.30. The minimum atomic E-state index is -1.41. The largest absolute Gasteiger partial charge is 0.468 e. The van der Waals surface area contributed by atoms with Crippen LogP contribution in [0.15, 0.2) is 24.3 Å². The molecule has 0 aromatic carbocycles. The number of imide groups is 2. The van der Waals surface area contributed by atoms with E-state index in [1.807, 2.05) is 0 Å². The number of hydrogen-bond acceptors (Lipinski definition) is 6. The van der Waals surface area contributed by atoms with E-state index in [4.69, 9.17) is 4.74 Å². The molecule has 2 aliphatic rings. The third kappa shape index (κ3) is 2.67. The number of methoxy groups -OCH3 is 1. The molecule has 8 nitrogen and oxygen atoms in total. The molecule has 116 valence electrons. The lowest BCUT2D eigenvalue weighted by Crippen LogP contribution is -2.51. The predicted octanol–water partition coefficient (Wildman–Crippen LogP) is -0.984. The monoisotopic (exact) mass is 306 g/mol. The van der Waals surface area contributed by atoms with E-state index in [0.29, 0.717) is 0 Å². The molecule has 0 bridgehead atoms. The summed E-state index contributed by atoms with van der Waals surface area (Å²) in [6.45, 7) is 0.847. The SMILES string of the molecule is COC(=O)C(C)(CN1C(=O)C=CC1=O)CN1C(=O)C=CC1=O. The molecule has 0 radical (unpaired) electrons. The van der Waals surface area contributed by atoms with Crippen molar-refractivity contribution in [1.82, 2.24) is 9.80 Å². The number of nitrogens with zero attached hydrogens (tertiary/aromatic N) is 2. The maximum absolute atomic E-state index is 12.1. The zero-order valence-electron chi connectivity index (χ0n) is 12.1. The molecule has 0 saturated carbocycles. The van der Waals surface area contributed by atoms with Gasteiger partial charge in [-0.1, -0.05) is 0 Å². The average molecular weight is 306 g/mol. The summed E-state index contributed by atoms with van der Waals surface area (Å²) < 4.78 is 4.70. The van der Waals surface area contributed by atoms with Crippen LogP contribution in [-0.4, -0.2) is 59.6 Å². The van der Waals surface area contributed by atoms with Crippen LogP contribution >= 0.6 is 0 Å². The van der Waals surface area contributed by atoms with Gasteiger partial charge in [-0.25, -0.2) is 0 Å². The highest BCUT2D eigenvalue weighted by atomic mass is 16.5. The Balaban J connectivity index is 2.23. The van der Waals surface area contributed by atoms with Crippen LogP contribution < -0.4 is 0 Å². The third-order valence-electron chi connectivity index (χ3n) is 3.49. The lowest BCUT2D eigenvalue weighted by atomic mass is 9.89. The molecular formula is C14H14N2O6. The maximum Gasteiger partial charge on any atom is 0.315 e. The van der Waals surface area contributed by atoms with E-state index in [1.165, 1.54) is 6.92 Å². The van der Waals surface area contributed by atoms with Gasteiger partial charge in [-0.3, -0.25) is 33.8 Å². The van der Waals surface area contributed by atoms with E-state index in [0.717, 1.165) is 41.2 Å². The quantitative estimate of drug-likeness (QED) is 0.478. The van der Waals surface area contributed by atoms with Crippen LogP contribution in [0.5, 0.6) is 0 Å². The Hall–Kier alpha value is -2.77. The van der Waals surface area contributed by atoms with Crippen molar-refractivity contribution in [2.75, 3.05) is 20.2 Å². The fraction of sp³-hybridized carbons (Fsp3) is 0.357. The average Bonchev–Trinajstić information content (AvgIpc) is 2.96. The van der Waals surface area contributed by atoms with Crippen LogP contribution in [0.1, 0.15) is 6.92 Å². The molecule has 0 N–H and O–H groups in total. The number of esters is 1. The van der Waals surface area contributed by atoms with Gasteiger partial charge in [0.05, 0.1) is 7.11 Å². The minimum Gasteiger partial charge on any atom is -0.468 e. The number of rotatable bonds is 5. The van der Waals surface area contributed by atoms with Crippen molar-refractivity contribution >= 4 is 29.6 Å². The first kappa shape index (κ1) is 15.6. The minimum absolute atomic E-state index is 0.290. The Morgan fingerprint density at radius 1 is 0.909 bits per heavy atom. The molecule has 8 heteroatoms. The fourth-order valence-corrected chi connectivity index (χ4v) is 2.30.